The van der Waals surface area contributed by atoms with Gasteiger partial charge >= 0.3 is 0 Å². The van der Waals surface area contributed by atoms with Gasteiger partial charge < -0.3 is 15.2 Å². The number of nitrogens with one attached hydrogen (secondary N) is 2. The van der Waals surface area contributed by atoms with E-state index in [0.717, 1.165) is 22.4 Å². The van der Waals surface area contributed by atoms with Gasteiger partial charge in [0.05, 0.1) is 17.6 Å². The Hall–Kier alpha value is -2.16. The molecule has 0 radical (unpaired) electrons. The van der Waals surface area contributed by atoms with E-state index in [1.165, 1.54) is 6.07 Å². The summed E-state index contributed by atoms with van der Waals surface area (Å²) >= 11 is 0. The molecule has 1 aromatic heterocycles. The van der Waals surface area contributed by atoms with E-state index in [0.29, 0.717) is 19.0 Å². The number of rotatable bonds is 5. The van der Waals surface area contributed by atoms with Gasteiger partial charge in [-0.2, -0.15) is 0 Å². The van der Waals surface area contributed by atoms with Gasteiger partial charge in [-0.15, -0.1) is 24.0 Å². The summed E-state index contributed by atoms with van der Waals surface area (Å²) in [5.41, 5.74) is 2.79. The molecule has 3 rings (SSSR count). The molecule has 0 saturated carbocycles. The first-order valence-electron chi connectivity index (χ1n) is 9.01. The first kappa shape index (κ1) is 22.1. The molecule has 0 aliphatic rings. The molecule has 0 bridgehead atoms. The molecule has 5 nitrogen and oxygen atoms in total. The van der Waals surface area contributed by atoms with Gasteiger partial charge in [-0.25, -0.2) is 9.37 Å². The average molecular weight is 495 g/mol. The Bertz CT molecular complexity index is 964. The van der Waals surface area contributed by atoms with E-state index < -0.39 is 0 Å². The Labute approximate surface area is 182 Å². The predicted octanol–water partition coefficient (Wildman–Crippen LogP) is 3.97. The number of guanidine groups is 1. The van der Waals surface area contributed by atoms with E-state index >= 15 is 0 Å². The molecule has 150 valence electrons. The van der Waals surface area contributed by atoms with Crippen molar-refractivity contribution in [1.82, 2.24) is 20.2 Å². The molecular weight excluding hydrogens is 468 g/mol. The number of hydrogen-bond acceptors (Lipinski definition) is 2. The molecule has 0 aliphatic carbocycles. The molecule has 0 atom stereocenters. The number of fused-ring (bicyclic) bond motifs is 1. The van der Waals surface area contributed by atoms with E-state index in [-0.39, 0.29) is 35.2 Å². The number of imidazole rings is 1. The molecule has 28 heavy (non-hydrogen) atoms. The van der Waals surface area contributed by atoms with Crippen molar-refractivity contribution in [2.45, 2.75) is 25.8 Å². The van der Waals surface area contributed by atoms with Crippen LogP contribution in [0.4, 0.5) is 4.39 Å². The standard InChI is InChI=1S/C21H26FN5.HI/c1-21(2,15-8-7-9-16(22)12-15)14-25-20(23-3)24-13-19-26-17-10-5-6-11-18(17)27(19)4;/h5-12H,13-14H2,1-4H3,(H2,23,24,25);1H. The molecule has 1 heterocycles. The smallest absolute Gasteiger partial charge is 0.191 e. The number of aliphatic imine (C=N–C) groups is 1. The zero-order chi connectivity index (χ0) is 19.4. The summed E-state index contributed by atoms with van der Waals surface area (Å²) in [5.74, 6) is 1.40. The Kier molecular flexibility index (Phi) is 7.40. The van der Waals surface area contributed by atoms with Crippen LogP contribution in [-0.4, -0.2) is 29.1 Å². The van der Waals surface area contributed by atoms with Gasteiger partial charge in [0.2, 0.25) is 0 Å². The fourth-order valence-corrected chi connectivity index (χ4v) is 3.05. The maximum Gasteiger partial charge on any atom is 0.191 e. The zero-order valence-electron chi connectivity index (χ0n) is 16.7. The highest BCUT2D eigenvalue weighted by atomic mass is 127. The Morgan fingerprint density at radius 3 is 2.57 bits per heavy atom. The highest BCUT2D eigenvalue weighted by Gasteiger charge is 2.21. The third-order valence-electron chi connectivity index (χ3n) is 4.82. The molecular formula is C21H27FIN5. The number of hydrogen-bond donors (Lipinski definition) is 2. The summed E-state index contributed by atoms with van der Waals surface area (Å²) in [6.45, 7) is 5.34. The van der Waals surface area contributed by atoms with Crippen LogP contribution >= 0.6 is 24.0 Å². The minimum absolute atomic E-state index is 0. The van der Waals surface area contributed by atoms with Crippen LogP contribution in [0.3, 0.4) is 0 Å². The van der Waals surface area contributed by atoms with Crippen LogP contribution in [0.15, 0.2) is 53.5 Å². The van der Waals surface area contributed by atoms with Crippen LogP contribution in [0.5, 0.6) is 0 Å². The summed E-state index contributed by atoms with van der Waals surface area (Å²) < 4.78 is 15.6. The van der Waals surface area contributed by atoms with Crippen molar-refractivity contribution in [3.8, 4) is 0 Å². The average Bonchev–Trinajstić information content (AvgIpc) is 2.98. The van der Waals surface area contributed by atoms with Crippen molar-refractivity contribution < 1.29 is 4.39 Å². The second-order valence-corrected chi connectivity index (χ2v) is 7.25. The van der Waals surface area contributed by atoms with E-state index in [4.69, 9.17) is 0 Å². The molecule has 0 saturated heterocycles. The van der Waals surface area contributed by atoms with Crippen molar-refractivity contribution >= 4 is 41.0 Å². The number of aromatic nitrogens is 2. The maximum atomic E-state index is 13.5. The zero-order valence-corrected chi connectivity index (χ0v) is 19.0. The fourth-order valence-electron chi connectivity index (χ4n) is 3.05. The van der Waals surface area contributed by atoms with E-state index in [1.807, 2.05) is 31.3 Å². The van der Waals surface area contributed by atoms with Gasteiger partial charge in [-0.1, -0.05) is 38.1 Å². The Morgan fingerprint density at radius 2 is 1.89 bits per heavy atom. The first-order valence-corrected chi connectivity index (χ1v) is 9.01. The number of para-hydroxylation sites is 2. The van der Waals surface area contributed by atoms with Crippen LogP contribution in [0, 0.1) is 5.82 Å². The van der Waals surface area contributed by atoms with Crippen LogP contribution < -0.4 is 10.6 Å². The molecule has 2 aromatic carbocycles. The third-order valence-corrected chi connectivity index (χ3v) is 4.82. The van der Waals surface area contributed by atoms with Crippen molar-refractivity contribution in [3.05, 3.63) is 65.7 Å². The van der Waals surface area contributed by atoms with Crippen molar-refractivity contribution in [1.29, 1.82) is 0 Å². The van der Waals surface area contributed by atoms with Crippen LogP contribution in [-0.2, 0) is 19.0 Å². The molecule has 0 aliphatic heterocycles. The molecule has 0 amide bonds. The van der Waals surface area contributed by atoms with Crippen LogP contribution in [0.2, 0.25) is 0 Å². The van der Waals surface area contributed by atoms with Gasteiger partial charge in [0.25, 0.3) is 0 Å². The highest BCUT2D eigenvalue weighted by Crippen LogP contribution is 2.22. The minimum Gasteiger partial charge on any atom is -0.356 e. The maximum absolute atomic E-state index is 13.5. The minimum atomic E-state index is -0.238. The lowest BCUT2D eigenvalue weighted by atomic mass is 9.84. The van der Waals surface area contributed by atoms with Crippen LogP contribution in [0.1, 0.15) is 25.2 Å². The van der Waals surface area contributed by atoms with E-state index in [9.17, 15) is 4.39 Å². The lowest BCUT2D eigenvalue weighted by Crippen LogP contribution is -2.43. The Morgan fingerprint density at radius 1 is 1.14 bits per heavy atom. The molecule has 3 aromatic rings. The second-order valence-electron chi connectivity index (χ2n) is 7.25. The van der Waals surface area contributed by atoms with Gasteiger partial charge in [0.15, 0.2) is 5.96 Å². The van der Waals surface area contributed by atoms with Crippen molar-refractivity contribution in [2.24, 2.45) is 12.0 Å². The molecule has 2 N–H and O–H groups in total. The molecule has 7 heteroatoms. The van der Waals surface area contributed by atoms with Gasteiger partial charge in [-0.05, 0) is 29.8 Å². The highest BCUT2D eigenvalue weighted by molar-refractivity contribution is 14.0. The van der Waals surface area contributed by atoms with Gasteiger partial charge in [0.1, 0.15) is 11.6 Å². The van der Waals surface area contributed by atoms with Crippen molar-refractivity contribution in [2.75, 3.05) is 13.6 Å². The van der Waals surface area contributed by atoms with Crippen LogP contribution in [0.25, 0.3) is 11.0 Å². The summed E-state index contributed by atoms with van der Waals surface area (Å²) in [4.78, 5) is 8.95. The molecule has 0 spiro atoms. The quantitative estimate of drug-likeness (QED) is 0.320. The predicted molar refractivity (Wildman–Crippen MR) is 124 cm³/mol. The number of aryl methyl sites for hydroxylation is 1. The molecule has 0 unspecified atom stereocenters. The summed E-state index contributed by atoms with van der Waals surface area (Å²) in [6.07, 6.45) is 0. The number of halogens is 2. The second kappa shape index (κ2) is 9.36. The van der Waals surface area contributed by atoms with Gasteiger partial charge in [-0.3, -0.25) is 4.99 Å². The number of benzene rings is 2. The van der Waals surface area contributed by atoms with E-state index in [1.54, 1.807) is 19.2 Å². The Balaban J connectivity index is 0.00000280. The molecule has 0 fully saturated rings. The number of nitrogens with zero attached hydrogens (tertiary/aromatic N) is 3. The van der Waals surface area contributed by atoms with Crippen molar-refractivity contribution in [3.63, 3.8) is 0 Å². The largest absolute Gasteiger partial charge is 0.356 e. The van der Waals surface area contributed by atoms with Gasteiger partial charge in [0, 0.05) is 26.1 Å². The fraction of sp³-hybridized carbons (Fsp3) is 0.333. The third kappa shape index (κ3) is 5.01. The summed E-state index contributed by atoms with van der Waals surface area (Å²) in [6, 6.07) is 14.8. The lowest BCUT2D eigenvalue weighted by molar-refractivity contribution is 0.502. The topological polar surface area (TPSA) is 54.2 Å². The monoisotopic (exact) mass is 495 g/mol. The van der Waals surface area contributed by atoms with E-state index in [2.05, 4.69) is 45.1 Å². The lowest BCUT2D eigenvalue weighted by Gasteiger charge is -2.26. The summed E-state index contributed by atoms with van der Waals surface area (Å²) in [7, 11) is 3.75. The SMILES string of the molecule is CN=C(NCc1nc2ccccc2n1C)NCC(C)(C)c1cccc(F)c1.I. The summed E-state index contributed by atoms with van der Waals surface area (Å²) in [5, 5.41) is 6.63. The normalized spacial score (nSPS) is 12.0. The first-order chi connectivity index (χ1) is 12.9.